The second-order valence-corrected chi connectivity index (χ2v) is 4.83. The maximum absolute atomic E-state index is 8.93. The summed E-state index contributed by atoms with van der Waals surface area (Å²) in [5.41, 5.74) is 0. The van der Waals surface area contributed by atoms with E-state index in [0.717, 1.165) is 37.5 Å². The molecule has 0 amide bonds. The van der Waals surface area contributed by atoms with Gasteiger partial charge >= 0.3 is 0 Å². The zero-order chi connectivity index (χ0) is 12.2. The number of rotatable bonds is 11. The van der Waals surface area contributed by atoms with Crippen molar-refractivity contribution in [1.29, 1.82) is 0 Å². The summed E-state index contributed by atoms with van der Waals surface area (Å²) in [6.45, 7) is 5.11. The lowest BCUT2D eigenvalue weighted by molar-refractivity contribution is 0.202. The molecule has 0 aromatic rings. The van der Waals surface area contributed by atoms with Crippen molar-refractivity contribution < 1.29 is 10.2 Å². The van der Waals surface area contributed by atoms with Crippen LogP contribution in [0.25, 0.3) is 0 Å². The minimum absolute atomic E-state index is 0.319. The van der Waals surface area contributed by atoms with Gasteiger partial charge in [-0.3, -0.25) is 0 Å². The lowest BCUT2D eigenvalue weighted by Gasteiger charge is -2.26. The standard InChI is InChI=1S/C14H30O2/c1-3-7-13(9-5-11-15)14(8-4-2)10-6-12-16/h13-16H,3-12H2,1-2H3. The Morgan fingerprint density at radius 1 is 0.688 bits per heavy atom. The Hall–Kier alpha value is -0.0800. The van der Waals surface area contributed by atoms with Gasteiger partial charge in [-0.15, -0.1) is 0 Å². The first-order chi connectivity index (χ1) is 7.79. The molecule has 2 nitrogen and oxygen atoms in total. The Morgan fingerprint density at radius 2 is 1.06 bits per heavy atom. The Kier molecular flexibility index (Phi) is 11.3. The molecule has 0 saturated carbocycles. The van der Waals surface area contributed by atoms with Crippen molar-refractivity contribution in [2.45, 2.75) is 65.2 Å². The van der Waals surface area contributed by atoms with Crippen LogP contribution in [0.1, 0.15) is 65.2 Å². The highest BCUT2D eigenvalue weighted by molar-refractivity contribution is 4.70. The van der Waals surface area contributed by atoms with Crippen molar-refractivity contribution in [1.82, 2.24) is 0 Å². The van der Waals surface area contributed by atoms with E-state index in [0.29, 0.717) is 13.2 Å². The molecule has 0 spiro atoms. The van der Waals surface area contributed by atoms with Crippen LogP contribution in [-0.4, -0.2) is 23.4 Å². The van der Waals surface area contributed by atoms with Gasteiger partial charge in [-0.05, 0) is 37.5 Å². The molecular formula is C14H30O2. The van der Waals surface area contributed by atoms with Crippen LogP contribution in [0.5, 0.6) is 0 Å². The highest BCUT2D eigenvalue weighted by Crippen LogP contribution is 2.30. The molecule has 0 radical (unpaired) electrons. The van der Waals surface area contributed by atoms with Crippen molar-refractivity contribution in [2.24, 2.45) is 11.8 Å². The van der Waals surface area contributed by atoms with Crippen molar-refractivity contribution in [3.05, 3.63) is 0 Å². The molecule has 0 aromatic heterocycles. The molecule has 0 fully saturated rings. The molecular weight excluding hydrogens is 200 g/mol. The van der Waals surface area contributed by atoms with Crippen LogP contribution in [-0.2, 0) is 0 Å². The maximum Gasteiger partial charge on any atom is 0.0431 e. The van der Waals surface area contributed by atoms with Gasteiger partial charge in [-0.25, -0.2) is 0 Å². The summed E-state index contributed by atoms with van der Waals surface area (Å²) in [6, 6.07) is 0. The molecule has 2 atom stereocenters. The van der Waals surface area contributed by atoms with Crippen LogP contribution in [0, 0.1) is 11.8 Å². The van der Waals surface area contributed by atoms with E-state index in [1.54, 1.807) is 0 Å². The molecule has 0 heterocycles. The molecule has 2 heteroatoms. The van der Waals surface area contributed by atoms with E-state index in [4.69, 9.17) is 10.2 Å². The van der Waals surface area contributed by atoms with Crippen molar-refractivity contribution in [2.75, 3.05) is 13.2 Å². The zero-order valence-corrected chi connectivity index (χ0v) is 11.1. The van der Waals surface area contributed by atoms with Gasteiger partial charge < -0.3 is 10.2 Å². The summed E-state index contributed by atoms with van der Waals surface area (Å²) in [6.07, 6.45) is 9.19. The van der Waals surface area contributed by atoms with Gasteiger partial charge in [0.05, 0.1) is 0 Å². The van der Waals surface area contributed by atoms with Crippen LogP contribution in [0.4, 0.5) is 0 Å². The number of aliphatic hydroxyl groups is 2. The number of hydrogen-bond acceptors (Lipinski definition) is 2. The quantitative estimate of drug-likeness (QED) is 0.571. The first-order valence-corrected chi connectivity index (χ1v) is 7.01. The van der Waals surface area contributed by atoms with E-state index >= 15 is 0 Å². The van der Waals surface area contributed by atoms with Crippen molar-refractivity contribution >= 4 is 0 Å². The summed E-state index contributed by atoms with van der Waals surface area (Å²) in [7, 11) is 0. The summed E-state index contributed by atoms with van der Waals surface area (Å²) in [5, 5.41) is 17.9. The fourth-order valence-electron chi connectivity index (χ4n) is 2.68. The maximum atomic E-state index is 8.93. The highest BCUT2D eigenvalue weighted by atomic mass is 16.3. The lowest BCUT2D eigenvalue weighted by atomic mass is 9.80. The van der Waals surface area contributed by atoms with Gasteiger partial charge in [0.2, 0.25) is 0 Å². The molecule has 2 N–H and O–H groups in total. The van der Waals surface area contributed by atoms with E-state index in [2.05, 4.69) is 13.8 Å². The van der Waals surface area contributed by atoms with Crippen LogP contribution in [0.15, 0.2) is 0 Å². The molecule has 16 heavy (non-hydrogen) atoms. The summed E-state index contributed by atoms with van der Waals surface area (Å²) in [4.78, 5) is 0. The Labute approximate surface area is 101 Å². The van der Waals surface area contributed by atoms with Gasteiger partial charge in [0.25, 0.3) is 0 Å². The molecule has 0 rings (SSSR count). The SMILES string of the molecule is CCCC(CCCO)C(CCC)CCCO. The van der Waals surface area contributed by atoms with E-state index in [9.17, 15) is 0 Å². The van der Waals surface area contributed by atoms with Gasteiger partial charge in [0, 0.05) is 13.2 Å². The number of aliphatic hydroxyl groups excluding tert-OH is 2. The molecule has 98 valence electrons. The van der Waals surface area contributed by atoms with Crippen molar-refractivity contribution in [3.8, 4) is 0 Å². The molecule has 2 unspecified atom stereocenters. The Morgan fingerprint density at radius 3 is 1.31 bits per heavy atom. The normalized spacial score (nSPS) is 15.0. The predicted octanol–water partition coefficient (Wildman–Crippen LogP) is 3.36. The molecule has 0 saturated heterocycles. The van der Waals surface area contributed by atoms with Crippen LogP contribution < -0.4 is 0 Å². The molecule has 0 aromatic carbocycles. The fraction of sp³-hybridized carbons (Fsp3) is 1.00. The van der Waals surface area contributed by atoms with Crippen LogP contribution in [0.3, 0.4) is 0 Å². The lowest BCUT2D eigenvalue weighted by Crippen LogP contribution is -2.16. The third-order valence-electron chi connectivity index (χ3n) is 3.45. The molecule has 0 aliphatic carbocycles. The average molecular weight is 230 g/mol. The summed E-state index contributed by atoms with van der Waals surface area (Å²) < 4.78 is 0. The minimum atomic E-state index is 0.319. The topological polar surface area (TPSA) is 40.5 Å². The van der Waals surface area contributed by atoms with E-state index in [1.165, 1.54) is 25.7 Å². The third kappa shape index (κ3) is 7.24. The Balaban J connectivity index is 4.14. The highest BCUT2D eigenvalue weighted by Gasteiger charge is 2.19. The van der Waals surface area contributed by atoms with Gasteiger partial charge in [-0.2, -0.15) is 0 Å². The van der Waals surface area contributed by atoms with Crippen LogP contribution >= 0.6 is 0 Å². The fourth-order valence-corrected chi connectivity index (χ4v) is 2.68. The largest absolute Gasteiger partial charge is 0.396 e. The second-order valence-electron chi connectivity index (χ2n) is 4.83. The zero-order valence-electron chi connectivity index (χ0n) is 11.1. The van der Waals surface area contributed by atoms with Gasteiger partial charge in [0.1, 0.15) is 0 Å². The minimum Gasteiger partial charge on any atom is -0.396 e. The predicted molar refractivity (Wildman–Crippen MR) is 69.4 cm³/mol. The monoisotopic (exact) mass is 230 g/mol. The average Bonchev–Trinajstić information content (AvgIpc) is 2.30. The van der Waals surface area contributed by atoms with E-state index in [1.807, 2.05) is 0 Å². The summed E-state index contributed by atoms with van der Waals surface area (Å²) >= 11 is 0. The van der Waals surface area contributed by atoms with Crippen LogP contribution in [0.2, 0.25) is 0 Å². The first kappa shape index (κ1) is 15.9. The molecule has 0 bridgehead atoms. The van der Waals surface area contributed by atoms with E-state index in [-0.39, 0.29) is 0 Å². The van der Waals surface area contributed by atoms with Gasteiger partial charge in [-0.1, -0.05) is 39.5 Å². The Bertz CT molecular complexity index is 121. The van der Waals surface area contributed by atoms with Crippen molar-refractivity contribution in [3.63, 3.8) is 0 Å². The number of hydrogen-bond donors (Lipinski definition) is 2. The molecule has 0 aliphatic heterocycles. The first-order valence-electron chi connectivity index (χ1n) is 7.01. The third-order valence-corrected chi connectivity index (χ3v) is 3.45. The summed E-state index contributed by atoms with van der Waals surface area (Å²) in [5.74, 6) is 1.51. The van der Waals surface area contributed by atoms with Gasteiger partial charge in [0.15, 0.2) is 0 Å². The smallest absolute Gasteiger partial charge is 0.0431 e. The van der Waals surface area contributed by atoms with E-state index < -0.39 is 0 Å². The molecule has 0 aliphatic rings. The second kappa shape index (κ2) is 11.4.